The first-order valence-corrected chi connectivity index (χ1v) is 6.72. The van der Waals surface area contributed by atoms with Crippen molar-refractivity contribution in [3.8, 4) is 0 Å². The molecule has 0 aliphatic rings. The number of nitrogens with zero attached hydrogens (tertiary/aromatic N) is 1. The number of hydrogen-bond acceptors (Lipinski definition) is 4. The van der Waals surface area contributed by atoms with Crippen molar-refractivity contribution in [2.75, 3.05) is 12.4 Å². The van der Waals surface area contributed by atoms with Crippen LogP contribution in [-0.4, -0.2) is 12.0 Å². The lowest BCUT2D eigenvalue weighted by Crippen LogP contribution is -2.01. The second-order valence-corrected chi connectivity index (χ2v) is 4.93. The molecule has 110 valence electrons. The van der Waals surface area contributed by atoms with Gasteiger partial charge in [0.05, 0.1) is 16.6 Å². The van der Waals surface area contributed by atoms with Crippen molar-refractivity contribution in [1.29, 1.82) is 0 Å². The zero-order valence-corrected chi connectivity index (χ0v) is 12.3. The summed E-state index contributed by atoms with van der Waals surface area (Å²) in [6.07, 6.45) is 0. The Kier molecular flexibility index (Phi) is 5.14. The van der Waals surface area contributed by atoms with Gasteiger partial charge in [0.2, 0.25) is 0 Å². The molecule has 0 heterocycles. The third-order valence-electron chi connectivity index (χ3n) is 2.97. The number of anilines is 1. The van der Waals surface area contributed by atoms with E-state index in [-0.39, 0.29) is 5.69 Å². The van der Waals surface area contributed by atoms with Crippen LogP contribution in [0.25, 0.3) is 0 Å². The van der Waals surface area contributed by atoms with E-state index in [1.165, 1.54) is 12.1 Å². The topological polar surface area (TPSA) is 64.4 Å². The Morgan fingerprint density at radius 1 is 1.29 bits per heavy atom. The fourth-order valence-electron chi connectivity index (χ4n) is 1.93. The van der Waals surface area contributed by atoms with Crippen molar-refractivity contribution in [3.63, 3.8) is 0 Å². The molecular weight excluding hydrogens is 292 g/mol. The van der Waals surface area contributed by atoms with Gasteiger partial charge < -0.3 is 10.1 Å². The molecule has 0 aromatic heterocycles. The maximum absolute atomic E-state index is 10.7. The average molecular weight is 307 g/mol. The van der Waals surface area contributed by atoms with Crippen LogP contribution in [0, 0.1) is 10.1 Å². The number of non-ortho nitro benzene ring substituents is 1. The molecule has 6 heteroatoms. The third kappa shape index (κ3) is 4.18. The van der Waals surface area contributed by atoms with E-state index in [0.717, 1.165) is 16.8 Å². The van der Waals surface area contributed by atoms with Gasteiger partial charge in [-0.15, -0.1) is 0 Å². The van der Waals surface area contributed by atoms with Crippen molar-refractivity contribution < 1.29 is 9.66 Å². The van der Waals surface area contributed by atoms with E-state index in [4.69, 9.17) is 16.3 Å². The minimum absolute atomic E-state index is 0.00848. The highest BCUT2D eigenvalue weighted by molar-refractivity contribution is 6.31. The molecule has 1 N–H and O–H groups in total. The van der Waals surface area contributed by atoms with Crippen LogP contribution in [0.1, 0.15) is 11.1 Å². The van der Waals surface area contributed by atoms with Crippen LogP contribution < -0.4 is 5.32 Å². The highest BCUT2D eigenvalue weighted by atomic mass is 35.5. The fourth-order valence-corrected chi connectivity index (χ4v) is 2.17. The maximum Gasteiger partial charge on any atom is 0.270 e. The van der Waals surface area contributed by atoms with Gasteiger partial charge in [0.1, 0.15) is 0 Å². The Morgan fingerprint density at radius 2 is 2.10 bits per heavy atom. The molecule has 0 aliphatic heterocycles. The lowest BCUT2D eigenvalue weighted by atomic mass is 10.2. The van der Waals surface area contributed by atoms with Crippen LogP contribution in [0.2, 0.25) is 5.02 Å². The number of methoxy groups -OCH3 is 1. The number of nitro benzene ring substituents is 1. The second kappa shape index (κ2) is 7.06. The number of hydrogen-bond donors (Lipinski definition) is 1. The molecule has 0 radical (unpaired) electrons. The summed E-state index contributed by atoms with van der Waals surface area (Å²) in [5.41, 5.74) is 2.81. The van der Waals surface area contributed by atoms with Gasteiger partial charge in [-0.1, -0.05) is 23.7 Å². The van der Waals surface area contributed by atoms with Gasteiger partial charge in [-0.2, -0.15) is 0 Å². The summed E-state index contributed by atoms with van der Waals surface area (Å²) in [7, 11) is 1.65. The minimum atomic E-state index is -0.461. The van der Waals surface area contributed by atoms with Gasteiger partial charge in [-0.05, 0) is 29.3 Å². The van der Waals surface area contributed by atoms with Crippen LogP contribution in [-0.2, 0) is 17.9 Å². The zero-order chi connectivity index (χ0) is 15.2. The summed E-state index contributed by atoms with van der Waals surface area (Å²) in [6.45, 7) is 1.04. The average Bonchev–Trinajstić information content (AvgIpc) is 2.46. The maximum atomic E-state index is 10.7. The molecule has 2 aromatic carbocycles. The Hall–Kier alpha value is -2.11. The number of nitro groups is 1. The van der Waals surface area contributed by atoms with Crippen LogP contribution in [0.4, 0.5) is 11.4 Å². The first kappa shape index (κ1) is 15.3. The normalized spacial score (nSPS) is 10.4. The van der Waals surface area contributed by atoms with Crippen LogP contribution >= 0.6 is 11.6 Å². The van der Waals surface area contributed by atoms with E-state index in [0.29, 0.717) is 18.2 Å². The van der Waals surface area contributed by atoms with Crippen LogP contribution in [0.5, 0.6) is 0 Å². The van der Waals surface area contributed by atoms with E-state index in [9.17, 15) is 10.1 Å². The molecule has 0 saturated carbocycles. The van der Waals surface area contributed by atoms with E-state index < -0.39 is 4.92 Å². The Labute approximate surface area is 127 Å². The highest BCUT2D eigenvalue weighted by Crippen LogP contribution is 2.23. The van der Waals surface area contributed by atoms with E-state index >= 15 is 0 Å². The molecule has 0 unspecified atom stereocenters. The second-order valence-electron chi connectivity index (χ2n) is 4.52. The standard InChI is InChI=1S/C15H15ClN2O3/c1-21-10-11-3-2-4-13(7-11)17-9-12-5-6-14(18(19)20)8-15(12)16/h2-8,17H,9-10H2,1H3. The summed E-state index contributed by atoms with van der Waals surface area (Å²) in [5.74, 6) is 0. The van der Waals surface area contributed by atoms with Crippen molar-refractivity contribution in [2.45, 2.75) is 13.2 Å². The molecule has 21 heavy (non-hydrogen) atoms. The van der Waals surface area contributed by atoms with Crippen molar-refractivity contribution >= 4 is 23.0 Å². The molecule has 0 fully saturated rings. The Bertz CT molecular complexity index is 647. The minimum Gasteiger partial charge on any atom is -0.381 e. The largest absolute Gasteiger partial charge is 0.381 e. The number of rotatable bonds is 6. The predicted molar refractivity (Wildman–Crippen MR) is 82.6 cm³/mol. The molecule has 0 amide bonds. The highest BCUT2D eigenvalue weighted by Gasteiger charge is 2.09. The van der Waals surface area contributed by atoms with Gasteiger partial charge in [0.15, 0.2) is 0 Å². The molecular formula is C15H15ClN2O3. The monoisotopic (exact) mass is 306 g/mol. The molecule has 0 bridgehead atoms. The molecule has 0 spiro atoms. The van der Waals surface area contributed by atoms with Gasteiger partial charge in [0.25, 0.3) is 5.69 Å². The number of halogens is 1. The summed E-state index contributed by atoms with van der Waals surface area (Å²) >= 11 is 6.06. The smallest absolute Gasteiger partial charge is 0.270 e. The molecule has 0 saturated heterocycles. The first-order valence-electron chi connectivity index (χ1n) is 6.34. The van der Waals surface area contributed by atoms with Crippen molar-refractivity contribution in [1.82, 2.24) is 0 Å². The van der Waals surface area contributed by atoms with Gasteiger partial charge in [-0.25, -0.2) is 0 Å². The quantitative estimate of drug-likeness (QED) is 0.647. The lowest BCUT2D eigenvalue weighted by Gasteiger charge is -2.09. The zero-order valence-electron chi connectivity index (χ0n) is 11.5. The van der Waals surface area contributed by atoms with Gasteiger partial charge in [-0.3, -0.25) is 10.1 Å². The molecule has 5 nitrogen and oxygen atoms in total. The lowest BCUT2D eigenvalue weighted by molar-refractivity contribution is -0.384. The fraction of sp³-hybridized carbons (Fsp3) is 0.200. The molecule has 0 atom stereocenters. The summed E-state index contributed by atoms with van der Waals surface area (Å²) in [5, 5.41) is 14.3. The summed E-state index contributed by atoms with van der Waals surface area (Å²) < 4.78 is 5.09. The predicted octanol–water partition coefficient (Wildman–Crippen LogP) is 4.01. The van der Waals surface area contributed by atoms with E-state index in [1.54, 1.807) is 13.2 Å². The van der Waals surface area contributed by atoms with Crippen molar-refractivity contribution in [3.05, 3.63) is 68.7 Å². The van der Waals surface area contributed by atoms with Crippen molar-refractivity contribution in [2.24, 2.45) is 0 Å². The Balaban J connectivity index is 2.06. The third-order valence-corrected chi connectivity index (χ3v) is 3.32. The van der Waals surface area contributed by atoms with E-state index in [1.807, 2.05) is 24.3 Å². The van der Waals surface area contributed by atoms with Crippen LogP contribution in [0.3, 0.4) is 0 Å². The number of ether oxygens (including phenoxy) is 1. The molecule has 2 rings (SSSR count). The number of nitrogens with one attached hydrogen (secondary N) is 1. The summed E-state index contributed by atoms with van der Waals surface area (Å²) in [4.78, 5) is 10.2. The van der Waals surface area contributed by atoms with E-state index in [2.05, 4.69) is 5.32 Å². The Morgan fingerprint density at radius 3 is 2.76 bits per heavy atom. The SMILES string of the molecule is COCc1cccc(NCc2ccc([N+](=O)[O-])cc2Cl)c1. The van der Waals surface area contributed by atoms with Gasteiger partial charge >= 0.3 is 0 Å². The van der Waals surface area contributed by atoms with Gasteiger partial charge in [0, 0.05) is 31.5 Å². The molecule has 0 aliphatic carbocycles. The molecule has 2 aromatic rings. The number of benzene rings is 2. The first-order chi connectivity index (χ1) is 10.1. The van der Waals surface area contributed by atoms with Crippen LogP contribution in [0.15, 0.2) is 42.5 Å². The summed E-state index contributed by atoms with van der Waals surface area (Å²) in [6, 6.07) is 12.3.